The van der Waals surface area contributed by atoms with Crippen molar-refractivity contribution in [3.8, 4) is 0 Å². The SMILES string of the molecule is CNc1cccnc1S(=O)(=O)N(C)Cc1cccc(Br)c1. The van der Waals surface area contributed by atoms with Crippen molar-refractivity contribution in [2.45, 2.75) is 11.6 Å². The first kappa shape index (κ1) is 15.9. The smallest absolute Gasteiger partial charge is 0.262 e. The fourth-order valence-corrected chi connectivity index (χ4v) is 3.61. The molecule has 0 aliphatic carbocycles. The minimum atomic E-state index is -3.65. The van der Waals surface area contributed by atoms with Crippen LogP contribution in [0.2, 0.25) is 0 Å². The molecule has 1 aromatic heterocycles. The zero-order valence-corrected chi connectivity index (χ0v) is 14.1. The first-order chi connectivity index (χ1) is 9.95. The Labute approximate surface area is 133 Å². The molecule has 0 saturated carbocycles. The van der Waals surface area contributed by atoms with E-state index in [0.29, 0.717) is 5.69 Å². The van der Waals surface area contributed by atoms with Gasteiger partial charge in [0.15, 0.2) is 5.03 Å². The lowest BCUT2D eigenvalue weighted by Gasteiger charge is -2.18. The normalized spacial score (nSPS) is 11.6. The van der Waals surface area contributed by atoms with Gasteiger partial charge in [0, 0.05) is 31.3 Å². The summed E-state index contributed by atoms with van der Waals surface area (Å²) in [7, 11) is -0.431. The van der Waals surface area contributed by atoms with E-state index < -0.39 is 10.0 Å². The highest BCUT2D eigenvalue weighted by molar-refractivity contribution is 9.10. The Hall–Kier alpha value is -1.44. The number of nitrogens with one attached hydrogen (secondary N) is 1. The van der Waals surface area contributed by atoms with Gasteiger partial charge in [0.1, 0.15) is 0 Å². The van der Waals surface area contributed by atoms with Crippen LogP contribution in [0, 0.1) is 0 Å². The number of nitrogens with zero attached hydrogens (tertiary/aromatic N) is 2. The lowest BCUT2D eigenvalue weighted by molar-refractivity contribution is 0.464. The second-order valence-electron chi connectivity index (χ2n) is 4.50. The molecule has 0 radical (unpaired) electrons. The summed E-state index contributed by atoms with van der Waals surface area (Å²) in [6.07, 6.45) is 1.47. The van der Waals surface area contributed by atoms with Gasteiger partial charge in [-0.15, -0.1) is 0 Å². The number of benzene rings is 1. The summed E-state index contributed by atoms with van der Waals surface area (Å²) in [6.45, 7) is 0.279. The predicted molar refractivity (Wildman–Crippen MR) is 86.6 cm³/mol. The van der Waals surface area contributed by atoms with Gasteiger partial charge in [-0.1, -0.05) is 28.1 Å². The number of hydrogen-bond donors (Lipinski definition) is 1. The Kier molecular flexibility index (Phi) is 4.97. The van der Waals surface area contributed by atoms with Crippen molar-refractivity contribution in [2.75, 3.05) is 19.4 Å². The number of anilines is 1. The molecule has 0 spiro atoms. The van der Waals surface area contributed by atoms with E-state index in [1.165, 1.54) is 10.5 Å². The minimum absolute atomic E-state index is 0.0324. The molecule has 0 fully saturated rings. The monoisotopic (exact) mass is 369 g/mol. The molecular formula is C14H16BrN3O2S. The van der Waals surface area contributed by atoms with Gasteiger partial charge in [-0.3, -0.25) is 0 Å². The quantitative estimate of drug-likeness (QED) is 0.879. The number of rotatable bonds is 5. The standard InChI is InChI=1S/C14H16BrN3O2S/c1-16-13-7-4-8-17-14(13)21(19,20)18(2)10-11-5-3-6-12(15)9-11/h3-9,16H,10H2,1-2H3. The number of hydrogen-bond acceptors (Lipinski definition) is 4. The summed E-state index contributed by atoms with van der Waals surface area (Å²) >= 11 is 3.38. The van der Waals surface area contributed by atoms with E-state index in [-0.39, 0.29) is 11.6 Å². The number of sulfonamides is 1. The Morgan fingerprint density at radius 3 is 2.71 bits per heavy atom. The van der Waals surface area contributed by atoms with Crippen LogP contribution in [0.25, 0.3) is 0 Å². The van der Waals surface area contributed by atoms with Gasteiger partial charge < -0.3 is 5.32 Å². The van der Waals surface area contributed by atoms with Crippen LogP contribution >= 0.6 is 15.9 Å². The molecule has 112 valence electrons. The maximum absolute atomic E-state index is 12.6. The van der Waals surface area contributed by atoms with E-state index >= 15 is 0 Å². The van der Waals surface area contributed by atoms with Gasteiger partial charge in [-0.05, 0) is 29.8 Å². The molecule has 0 unspecified atom stereocenters. The Bertz CT molecular complexity index is 735. The summed E-state index contributed by atoms with van der Waals surface area (Å²) in [5.41, 5.74) is 1.39. The third kappa shape index (κ3) is 3.61. The molecule has 21 heavy (non-hydrogen) atoms. The summed E-state index contributed by atoms with van der Waals surface area (Å²) in [6, 6.07) is 10.9. The molecule has 0 bridgehead atoms. The van der Waals surface area contributed by atoms with Crippen LogP contribution in [0.5, 0.6) is 0 Å². The summed E-state index contributed by atoms with van der Waals surface area (Å²) in [5.74, 6) is 0. The summed E-state index contributed by atoms with van der Waals surface area (Å²) in [4.78, 5) is 4.00. The molecule has 1 N–H and O–H groups in total. The van der Waals surface area contributed by atoms with E-state index in [4.69, 9.17) is 0 Å². The van der Waals surface area contributed by atoms with Crippen molar-refractivity contribution in [1.29, 1.82) is 0 Å². The van der Waals surface area contributed by atoms with E-state index in [9.17, 15) is 8.42 Å². The van der Waals surface area contributed by atoms with Gasteiger partial charge in [-0.25, -0.2) is 13.4 Å². The topological polar surface area (TPSA) is 62.3 Å². The van der Waals surface area contributed by atoms with Gasteiger partial charge in [0.2, 0.25) is 0 Å². The highest BCUT2D eigenvalue weighted by Crippen LogP contribution is 2.22. The van der Waals surface area contributed by atoms with E-state index in [1.54, 1.807) is 26.2 Å². The van der Waals surface area contributed by atoms with Crippen molar-refractivity contribution in [2.24, 2.45) is 0 Å². The van der Waals surface area contributed by atoms with Crippen molar-refractivity contribution in [1.82, 2.24) is 9.29 Å². The molecule has 0 amide bonds. The van der Waals surface area contributed by atoms with Crippen molar-refractivity contribution >= 4 is 31.6 Å². The van der Waals surface area contributed by atoms with E-state index in [2.05, 4.69) is 26.2 Å². The van der Waals surface area contributed by atoms with Gasteiger partial charge in [0.05, 0.1) is 5.69 Å². The van der Waals surface area contributed by atoms with Gasteiger partial charge in [0.25, 0.3) is 10.0 Å². The van der Waals surface area contributed by atoms with Crippen LogP contribution in [0.15, 0.2) is 52.1 Å². The van der Waals surface area contributed by atoms with Crippen LogP contribution in [-0.4, -0.2) is 31.8 Å². The molecule has 2 rings (SSSR count). The molecule has 0 atom stereocenters. The molecular weight excluding hydrogens is 354 g/mol. The minimum Gasteiger partial charge on any atom is -0.386 e. The van der Waals surface area contributed by atoms with Crippen molar-refractivity contribution in [3.05, 3.63) is 52.6 Å². The second-order valence-corrected chi connectivity index (χ2v) is 7.37. The van der Waals surface area contributed by atoms with Crippen LogP contribution in [0.4, 0.5) is 5.69 Å². The highest BCUT2D eigenvalue weighted by atomic mass is 79.9. The maximum atomic E-state index is 12.6. The lowest BCUT2D eigenvalue weighted by Crippen LogP contribution is -2.28. The largest absolute Gasteiger partial charge is 0.386 e. The van der Waals surface area contributed by atoms with Gasteiger partial charge in [-0.2, -0.15) is 4.31 Å². The summed E-state index contributed by atoms with van der Waals surface area (Å²) < 4.78 is 27.4. The van der Waals surface area contributed by atoms with Crippen LogP contribution in [-0.2, 0) is 16.6 Å². The fourth-order valence-electron chi connectivity index (χ4n) is 1.91. The molecule has 0 saturated heterocycles. The molecule has 2 aromatic rings. The third-order valence-corrected chi connectivity index (χ3v) is 5.25. The molecule has 7 heteroatoms. The Morgan fingerprint density at radius 2 is 2.05 bits per heavy atom. The molecule has 5 nitrogen and oxygen atoms in total. The number of pyridine rings is 1. The average molecular weight is 370 g/mol. The molecule has 0 aliphatic rings. The van der Waals surface area contributed by atoms with Crippen LogP contribution < -0.4 is 5.32 Å². The zero-order valence-electron chi connectivity index (χ0n) is 11.7. The Morgan fingerprint density at radius 1 is 1.29 bits per heavy atom. The van der Waals surface area contributed by atoms with Crippen molar-refractivity contribution < 1.29 is 8.42 Å². The van der Waals surface area contributed by atoms with Gasteiger partial charge >= 0.3 is 0 Å². The van der Waals surface area contributed by atoms with Crippen molar-refractivity contribution in [3.63, 3.8) is 0 Å². The first-order valence-electron chi connectivity index (χ1n) is 6.28. The predicted octanol–water partition coefficient (Wildman–Crippen LogP) is 2.71. The highest BCUT2D eigenvalue weighted by Gasteiger charge is 2.25. The fraction of sp³-hybridized carbons (Fsp3) is 0.214. The van der Waals surface area contributed by atoms with E-state index in [0.717, 1.165) is 10.0 Å². The number of halogens is 1. The number of aromatic nitrogens is 1. The average Bonchev–Trinajstić information content (AvgIpc) is 2.47. The van der Waals surface area contributed by atoms with E-state index in [1.807, 2.05) is 24.3 Å². The molecule has 1 aromatic carbocycles. The second kappa shape index (κ2) is 6.55. The lowest BCUT2D eigenvalue weighted by atomic mass is 10.2. The first-order valence-corrected chi connectivity index (χ1v) is 8.52. The van der Waals surface area contributed by atoms with Crippen LogP contribution in [0.3, 0.4) is 0 Å². The van der Waals surface area contributed by atoms with Crippen LogP contribution in [0.1, 0.15) is 5.56 Å². The summed E-state index contributed by atoms with van der Waals surface area (Å²) in [5, 5.41) is 2.89. The molecule has 0 aliphatic heterocycles. The zero-order chi connectivity index (χ0) is 15.5. The Balaban J connectivity index is 2.31. The third-order valence-electron chi connectivity index (χ3n) is 2.99. The molecule has 1 heterocycles. The maximum Gasteiger partial charge on any atom is 0.262 e.